The quantitative estimate of drug-likeness (QED) is 0.536. The molecular weight excluding hydrogens is 422 g/mol. The van der Waals surface area contributed by atoms with Crippen molar-refractivity contribution in [1.29, 1.82) is 0 Å². The molecule has 0 saturated heterocycles. The first-order valence-corrected chi connectivity index (χ1v) is 10.9. The number of carbonyl (C=O) groups is 1. The number of carboxylic acid groups (broad SMARTS) is 1. The second kappa shape index (κ2) is 9.53. The number of aliphatic carboxylic acids is 1. The van der Waals surface area contributed by atoms with Crippen LogP contribution in [0, 0.1) is 11.6 Å². The Hall–Kier alpha value is -2.84. The molecule has 8 heteroatoms. The highest BCUT2D eigenvalue weighted by atomic mass is 32.1. The predicted molar refractivity (Wildman–Crippen MR) is 114 cm³/mol. The second-order valence-corrected chi connectivity index (χ2v) is 8.59. The average molecular weight is 445 g/mol. The van der Waals surface area contributed by atoms with Gasteiger partial charge in [0.2, 0.25) is 0 Å². The third kappa shape index (κ3) is 5.65. The molecule has 1 aromatic heterocycles. The zero-order valence-electron chi connectivity index (χ0n) is 16.8. The first kappa shape index (κ1) is 21.4. The van der Waals surface area contributed by atoms with Crippen LogP contribution in [0.5, 0.6) is 5.75 Å². The summed E-state index contributed by atoms with van der Waals surface area (Å²) >= 11 is 1.68. The molecular formula is C23H22F2N2O3S. The number of carboxylic acids is 1. The molecule has 0 atom stereocenters. The van der Waals surface area contributed by atoms with Gasteiger partial charge in [0.1, 0.15) is 29.0 Å². The van der Waals surface area contributed by atoms with Gasteiger partial charge >= 0.3 is 5.97 Å². The van der Waals surface area contributed by atoms with Crippen LogP contribution >= 0.6 is 11.3 Å². The highest BCUT2D eigenvalue weighted by molar-refractivity contribution is 7.15. The van der Waals surface area contributed by atoms with Gasteiger partial charge in [0.15, 0.2) is 0 Å². The van der Waals surface area contributed by atoms with Crippen LogP contribution in [0.3, 0.4) is 0 Å². The minimum atomic E-state index is -0.760. The predicted octanol–water partition coefficient (Wildman–Crippen LogP) is 4.89. The van der Waals surface area contributed by atoms with Gasteiger partial charge in [-0.05, 0) is 61.3 Å². The number of thiazole rings is 1. The fraction of sp³-hybridized carbons (Fsp3) is 0.304. The van der Waals surface area contributed by atoms with Gasteiger partial charge in [0.25, 0.3) is 0 Å². The maximum absolute atomic E-state index is 13.3. The number of fused-ring (bicyclic) bond motifs is 1. The van der Waals surface area contributed by atoms with Crippen molar-refractivity contribution in [2.24, 2.45) is 0 Å². The lowest BCUT2D eigenvalue weighted by molar-refractivity contribution is -0.137. The summed E-state index contributed by atoms with van der Waals surface area (Å²) < 4.78 is 32.2. The number of halogens is 2. The lowest BCUT2D eigenvalue weighted by atomic mass is 10.1. The van der Waals surface area contributed by atoms with Crippen molar-refractivity contribution < 1.29 is 23.4 Å². The van der Waals surface area contributed by atoms with Crippen LogP contribution in [0.1, 0.15) is 29.0 Å². The van der Waals surface area contributed by atoms with Gasteiger partial charge in [-0.1, -0.05) is 0 Å². The first-order chi connectivity index (χ1) is 15.0. The number of nitrogens with zero attached hydrogens (tertiary/aromatic N) is 2. The third-order valence-corrected chi connectivity index (χ3v) is 6.31. The Bertz CT molecular complexity index is 1050. The van der Waals surface area contributed by atoms with E-state index in [9.17, 15) is 13.6 Å². The minimum absolute atomic E-state index is 0.0806. The summed E-state index contributed by atoms with van der Waals surface area (Å²) in [6.07, 6.45) is 1.76. The maximum Gasteiger partial charge on any atom is 0.303 e. The molecule has 1 aliphatic rings. The van der Waals surface area contributed by atoms with Crippen LogP contribution in [-0.4, -0.2) is 34.0 Å². The second-order valence-electron chi connectivity index (χ2n) is 7.50. The van der Waals surface area contributed by atoms with E-state index in [0.29, 0.717) is 17.7 Å². The van der Waals surface area contributed by atoms with Crippen LogP contribution in [0.25, 0.3) is 10.6 Å². The molecule has 0 bridgehead atoms. The zero-order valence-corrected chi connectivity index (χ0v) is 17.6. The van der Waals surface area contributed by atoms with Crippen molar-refractivity contribution in [3.8, 4) is 16.3 Å². The normalized spacial score (nSPS) is 13.7. The van der Waals surface area contributed by atoms with Crippen molar-refractivity contribution in [1.82, 2.24) is 9.88 Å². The molecule has 1 N–H and O–H groups in total. The Kier molecular flexibility index (Phi) is 6.58. The average Bonchev–Trinajstić information content (AvgIpc) is 3.15. The summed E-state index contributed by atoms with van der Waals surface area (Å²) in [5.41, 5.74) is 2.48. The van der Waals surface area contributed by atoms with Crippen LogP contribution in [0.2, 0.25) is 0 Å². The number of rotatable bonds is 8. The summed E-state index contributed by atoms with van der Waals surface area (Å²) in [5.74, 6) is -1.40. The summed E-state index contributed by atoms with van der Waals surface area (Å²) in [7, 11) is 0. The Morgan fingerprint density at radius 1 is 1.16 bits per heavy atom. The molecule has 0 unspecified atom stereocenters. The highest BCUT2D eigenvalue weighted by Crippen LogP contribution is 2.32. The van der Waals surface area contributed by atoms with Crippen molar-refractivity contribution in [3.63, 3.8) is 0 Å². The van der Waals surface area contributed by atoms with Gasteiger partial charge in [0.05, 0.1) is 5.69 Å². The smallest absolute Gasteiger partial charge is 0.303 e. The van der Waals surface area contributed by atoms with E-state index in [1.807, 2.05) is 24.3 Å². The first-order valence-electron chi connectivity index (χ1n) is 10.1. The molecule has 2 aromatic carbocycles. The summed E-state index contributed by atoms with van der Waals surface area (Å²) in [5, 5.41) is 9.74. The van der Waals surface area contributed by atoms with Crippen molar-refractivity contribution in [3.05, 3.63) is 70.2 Å². The highest BCUT2D eigenvalue weighted by Gasteiger charge is 2.21. The Labute approximate surface area is 182 Å². The molecule has 4 rings (SSSR count). The molecule has 0 saturated carbocycles. The molecule has 162 valence electrons. The number of hydrogen-bond acceptors (Lipinski definition) is 5. The van der Waals surface area contributed by atoms with E-state index in [2.05, 4.69) is 4.90 Å². The SMILES string of the molecule is O=C(O)CCCN1CCc2sc(-c3ccc(OCc4cc(F)cc(F)c4)cc3)nc2C1. The topological polar surface area (TPSA) is 62.7 Å². The third-order valence-electron chi connectivity index (χ3n) is 5.10. The molecule has 0 aliphatic carbocycles. The number of ether oxygens (including phenoxy) is 1. The molecule has 5 nitrogen and oxygen atoms in total. The standard InChI is InChI=1S/C23H22F2N2O3S/c24-17-10-15(11-18(25)12-17)14-30-19-5-3-16(4-6-19)23-26-20-13-27(8-1-2-22(28)29)9-7-21(20)31-23/h3-6,10-12H,1-2,7-9,13-14H2,(H,28,29). The molecule has 2 heterocycles. The van der Waals surface area contributed by atoms with Crippen molar-refractivity contribution in [2.45, 2.75) is 32.4 Å². The fourth-order valence-corrected chi connectivity index (χ4v) is 4.64. The number of benzene rings is 2. The zero-order chi connectivity index (χ0) is 21.8. The van der Waals surface area contributed by atoms with E-state index < -0.39 is 17.6 Å². The Morgan fingerprint density at radius 3 is 2.61 bits per heavy atom. The largest absolute Gasteiger partial charge is 0.489 e. The molecule has 0 fully saturated rings. The molecule has 3 aromatic rings. The minimum Gasteiger partial charge on any atom is -0.489 e. The monoisotopic (exact) mass is 444 g/mol. The molecule has 0 radical (unpaired) electrons. The number of hydrogen-bond donors (Lipinski definition) is 1. The van der Waals surface area contributed by atoms with E-state index in [4.69, 9.17) is 14.8 Å². The van der Waals surface area contributed by atoms with E-state index in [1.165, 1.54) is 17.0 Å². The van der Waals surface area contributed by atoms with Gasteiger partial charge in [-0.2, -0.15) is 0 Å². The van der Waals surface area contributed by atoms with E-state index in [1.54, 1.807) is 11.3 Å². The van der Waals surface area contributed by atoms with Gasteiger partial charge in [0, 0.05) is 36.0 Å². The number of aromatic nitrogens is 1. The van der Waals surface area contributed by atoms with Crippen LogP contribution < -0.4 is 4.74 Å². The molecule has 0 amide bonds. The lowest BCUT2D eigenvalue weighted by Crippen LogP contribution is -2.31. The summed E-state index contributed by atoms with van der Waals surface area (Å²) in [6, 6.07) is 10.8. The van der Waals surface area contributed by atoms with Crippen LogP contribution in [0.15, 0.2) is 42.5 Å². The van der Waals surface area contributed by atoms with Crippen molar-refractivity contribution >= 4 is 17.3 Å². The molecule has 1 aliphatic heterocycles. The summed E-state index contributed by atoms with van der Waals surface area (Å²) in [6.45, 7) is 2.51. The van der Waals surface area contributed by atoms with E-state index in [-0.39, 0.29) is 13.0 Å². The lowest BCUT2D eigenvalue weighted by Gasteiger charge is -2.25. The van der Waals surface area contributed by atoms with Crippen LogP contribution in [-0.2, 0) is 24.4 Å². The van der Waals surface area contributed by atoms with Gasteiger partial charge in [-0.3, -0.25) is 9.69 Å². The van der Waals surface area contributed by atoms with E-state index in [0.717, 1.165) is 48.4 Å². The van der Waals surface area contributed by atoms with Crippen molar-refractivity contribution in [2.75, 3.05) is 13.1 Å². The fourth-order valence-electron chi connectivity index (χ4n) is 3.58. The Balaban J connectivity index is 1.36. The summed E-state index contributed by atoms with van der Waals surface area (Å²) in [4.78, 5) is 19.0. The van der Waals surface area contributed by atoms with E-state index >= 15 is 0 Å². The molecule has 0 spiro atoms. The van der Waals surface area contributed by atoms with Crippen LogP contribution in [0.4, 0.5) is 8.78 Å². The molecule has 31 heavy (non-hydrogen) atoms. The maximum atomic E-state index is 13.3. The van der Waals surface area contributed by atoms with Gasteiger partial charge in [-0.15, -0.1) is 11.3 Å². The van der Waals surface area contributed by atoms with Gasteiger partial charge < -0.3 is 9.84 Å². The Morgan fingerprint density at radius 2 is 1.90 bits per heavy atom. The van der Waals surface area contributed by atoms with Gasteiger partial charge in [-0.25, -0.2) is 13.8 Å².